The first kappa shape index (κ1) is 14.0. The molecule has 0 radical (unpaired) electrons. The van der Waals surface area contributed by atoms with Crippen molar-refractivity contribution < 1.29 is 4.74 Å². The Bertz CT molecular complexity index is 537. The van der Waals surface area contributed by atoms with E-state index in [4.69, 9.17) is 10.5 Å². The summed E-state index contributed by atoms with van der Waals surface area (Å²) in [6, 6.07) is 5.68. The summed E-state index contributed by atoms with van der Waals surface area (Å²) in [6.07, 6.45) is 0. The van der Waals surface area contributed by atoms with Crippen LogP contribution < -0.4 is 5.73 Å². The minimum absolute atomic E-state index is 0.0603. The number of nitrogens with two attached hydrogens (primary N) is 1. The number of nitrogen functional groups attached to an aromatic ring is 1. The van der Waals surface area contributed by atoms with Crippen molar-refractivity contribution in [3.63, 3.8) is 0 Å². The minimum Gasteiger partial charge on any atom is -0.399 e. The maximum absolute atomic E-state index is 5.84. The lowest BCUT2D eigenvalue weighted by atomic mass is 10.2. The van der Waals surface area contributed by atoms with Gasteiger partial charge in [-0.3, -0.25) is 0 Å². The van der Waals surface area contributed by atoms with Crippen molar-refractivity contribution in [3.8, 4) is 11.4 Å². The molecule has 0 spiro atoms. The second kappa shape index (κ2) is 6.12. The molecule has 0 aliphatic rings. The fraction of sp³-hybridized carbons (Fsp3) is 0.417. The summed E-state index contributed by atoms with van der Waals surface area (Å²) in [6.45, 7) is 5.21. The van der Waals surface area contributed by atoms with E-state index < -0.39 is 0 Å². The summed E-state index contributed by atoms with van der Waals surface area (Å²) in [5.74, 6) is 0.681. The lowest BCUT2D eigenvalue weighted by Crippen LogP contribution is -2.15. The van der Waals surface area contributed by atoms with Gasteiger partial charge in [0.2, 0.25) is 0 Å². The molecule has 1 heterocycles. The van der Waals surface area contributed by atoms with Crippen molar-refractivity contribution in [2.45, 2.75) is 19.9 Å². The summed E-state index contributed by atoms with van der Waals surface area (Å²) in [5.41, 5.74) is 7.38. The first-order valence-electron chi connectivity index (χ1n) is 6.04. The van der Waals surface area contributed by atoms with Gasteiger partial charge in [-0.05, 0) is 42.5 Å². The van der Waals surface area contributed by atoms with E-state index in [0.717, 1.165) is 10.0 Å². The van der Waals surface area contributed by atoms with Crippen LogP contribution in [0.4, 0.5) is 5.69 Å². The number of hydrogen-bond donors (Lipinski definition) is 1. The van der Waals surface area contributed by atoms with Crippen molar-refractivity contribution in [2.75, 3.05) is 18.9 Å². The van der Waals surface area contributed by atoms with Gasteiger partial charge < -0.3 is 10.5 Å². The Morgan fingerprint density at radius 1 is 1.42 bits per heavy atom. The highest BCUT2D eigenvalue weighted by Gasteiger charge is 2.15. The smallest absolute Gasteiger partial charge is 0.182 e. The second-order valence-electron chi connectivity index (χ2n) is 4.23. The molecule has 0 aliphatic carbocycles. The van der Waals surface area contributed by atoms with Crippen LogP contribution in [0.1, 0.15) is 19.9 Å². The molecule has 0 fully saturated rings. The van der Waals surface area contributed by atoms with Crippen molar-refractivity contribution >= 4 is 21.6 Å². The number of aromatic nitrogens is 4. The average Bonchev–Trinajstić information content (AvgIpc) is 2.84. The van der Waals surface area contributed by atoms with Gasteiger partial charge in [0.15, 0.2) is 5.82 Å². The van der Waals surface area contributed by atoms with Crippen molar-refractivity contribution in [3.05, 3.63) is 22.7 Å². The highest BCUT2D eigenvalue weighted by molar-refractivity contribution is 9.10. The summed E-state index contributed by atoms with van der Waals surface area (Å²) < 4.78 is 8.05. The minimum atomic E-state index is 0.0603. The number of anilines is 1. The highest BCUT2D eigenvalue weighted by Crippen LogP contribution is 2.25. The van der Waals surface area contributed by atoms with Crippen LogP contribution in [-0.2, 0) is 4.74 Å². The van der Waals surface area contributed by atoms with Gasteiger partial charge in [-0.15, -0.1) is 5.10 Å². The molecule has 0 aliphatic heterocycles. The molecule has 7 heteroatoms. The van der Waals surface area contributed by atoms with Gasteiger partial charge in [-0.2, -0.15) is 0 Å². The van der Waals surface area contributed by atoms with E-state index in [1.54, 1.807) is 4.68 Å². The fourth-order valence-corrected chi connectivity index (χ4v) is 2.29. The van der Waals surface area contributed by atoms with Crippen LogP contribution in [-0.4, -0.2) is 33.4 Å². The third kappa shape index (κ3) is 3.30. The number of tetrazole rings is 1. The molecule has 102 valence electrons. The third-order valence-electron chi connectivity index (χ3n) is 2.65. The lowest BCUT2D eigenvalue weighted by Gasteiger charge is -2.13. The zero-order chi connectivity index (χ0) is 13.8. The normalized spacial score (nSPS) is 12.6. The van der Waals surface area contributed by atoms with Crippen LogP contribution in [0.3, 0.4) is 0 Å². The predicted octanol–water partition coefficient (Wildman–Crippen LogP) is 2.28. The van der Waals surface area contributed by atoms with Crippen LogP contribution >= 0.6 is 15.9 Å². The van der Waals surface area contributed by atoms with Gasteiger partial charge in [0.05, 0.1) is 12.6 Å². The average molecular weight is 326 g/mol. The second-order valence-corrected chi connectivity index (χ2v) is 5.14. The van der Waals surface area contributed by atoms with E-state index in [1.807, 2.05) is 32.0 Å². The first-order valence-corrected chi connectivity index (χ1v) is 6.83. The maximum atomic E-state index is 5.84. The number of rotatable bonds is 5. The molecule has 19 heavy (non-hydrogen) atoms. The molecule has 2 N–H and O–H groups in total. The molecule has 1 unspecified atom stereocenters. The molecular weight excluding hydrogens is 310 g/mol. The summed E-state index contributed by atoms with van der Waals surface area (Å²) >= 11 is 3.42. The monoisotopic (exact) mass is 325 g/mol. The summed E-state index contributed by atoms with van der Waals surface area (Å²) in [7, 11) is 0. The molecule has 1 aromatic heterocycles. The Balaban J connectivity index is 2.32. The fourth-order valence-electron chi connectivity index (χ4n) is 1.78. The Hall–Kier alpha value is -1.47. The molecule has 1 aromatic carbocycles. The molecule has 6 nitrogen and oxygen atoms in total. The Morgan fingerprint density at radius 2 is 2.21 bits per heavy atom. The molecule has 2 aromatic rings. The summed E-state index contributed by atoms with van der Waals surface area (Å²) in [4.78, 5) is 0. The van der Waals surface area contributed by atoms with Gasteiger partial charge in [0.1, 0.15) is 0 Å². The zero-order valence-corrected chi connectivity index (χ0v) is 12.5. The number of halogens is 1. The predicted molar refractivity (Wildman–Crippen MR) is 76.6 cm³/mol. The number of hydrogen-bond acceptors (Lipinski definition) is 5. The van der Waals surface area contributed by atoms with Gasteiger partial charge in [0, 0.05) is 22.3 Å². The van der Waals surface area contributed by atoms with Crippen LogP contribution in [0, 0.1) is 0 Å². The SMILES string of the molecule is CCOCC(C)n1nnnc1-c1cc(N)cc(Br)c1. The first-order chi connectivity index (χ1) is 9.11. The Morgan fingerprint density at radius 3 is 2.89 bits per heavy atom. The topological polar surface area (TPSA) is 78.8 Å². The van der Waals surface area contributed by atoms with Crippen molar-refractivity contribution in [2.24, 2.45) is 0 Å². The van der Waals surface area contributed by atoms with E-state index in [-0.39, 0.29) is 6.04 Å². The Kier molecular flexibility index (Phi) is 4.49. The molecule has 1 atom stereocenters. The molecule has 2 rings (SSSR count). The number of ether oxygens (including phenoxy) is 1. The van der Waals surface area contributed by atoms with E-state index in [9.17, 15) is 0 Å². The molecule has 0 bridgehead atoms. The molecular formula is C12H16BrN5O. The van der Waals surface area contributed by atoms with Crippen LogP contribution in [0.5, 0.6) is 0 Å². The maximum Gasteiger partial charge on any atom is 0.182 e. The zero-order valence-electron chi connectivity index (χ0n) is 10.9. The number of benzene rings is 1. The van der Waals surface area contributed by atoms with Crippen LogP contribution in [0.2, 0.25) is 0 Å². The molecule has 0 amide bonds. The standard InChI is InChI=1S/C12H16BrN5O/c1-3-19-7-8(2)18-12(15-16-17-18)9-4-10(13)6-11(14)5-9/h4-6,8H,3,7,14H2,1-2H3. The Labute approximate surface area is 120 Å². The number of nitrogens with zero attached hydrogens (tertiary/aromatic N) is 4. The van der Waals surface area contributed by atoms with Gasteiger partial charge in [-0.25, -0.2) is 4.68 Å². The van der Waals surface area contributed by atoms with E-state index in [0.29, 0.717) is 24.7 Å². The lowest BCUT2D eigenvalue weighted by molar-refractivity contribution is 0.115. The quantitative estimate of drug-likeness (QED) is 0.853. The van der Waals surface area contributed by atoms with Gasteiger partial charge >= 0.3 is 0 Å². The van der Waals surface area contributed by atoms with E-state index >= 15 is 0 Å². The summed E-state index contributed by atoms with van der Waals surface area (Å²) in [5, 5.41) is 11.8. The largest absolute Gasteiger partial charge is 0.399 e. The molecule has 0 saturated carbocycles. The van der Waals surface area contributed by atoms with Gasteiger partial charge in [-0.1, -0.05) is 15.9 Å². The van der Waals surface area contributed by atoms with E-state index in [1.165, 1.54) is 0 Å². The van der Waals surface area contributed by atoms with E-state index in [2.05, 4.69) is 31.5 Å². The highest BCUT2D eigenvalue weighted by atomic mass is 79.9. The molecule has 0 saturated heterocycles. The van der Waals surface area contributed by atoms with Gasteiger partial charge in [0.25, 0.3) is 0 Å². The van der Waals surface area contributed by atoms with Crippen molar-refractivity contribution in [1.29, 1.82) is 0 Å². The van der Waals surface area contributed by atoms with Crippen LogP contribution in [0.25, 0.3) is 11.4 Å². The third-order valence-corrected chi connectivity index (χ3v) is 3.11. The van der Waals surface area contributed by atoms with Crippen molar-refractivity contribution in [1.82, 2.24) is 20.2 Å². The van der Waals surface area contributed by atoms with Crippen LogP contribution in [0.15, 0.2) is 22.7 Å².